The third kappa shape index (κ3) is 5.05. The Bertz CT molecular complexity index is 1690. The lowest BCUT2D eigenvalue weighted by Crippen LogP contribution is -2.07. The minimum atomic E-state index is -0.537. The summed E-state index contributed by atoms with van der Waals surface area (Å²) in [5, 5.41) is 18.5. The number of halogens is 2. The summed E-state index contributed by atoms with van der Waals surface area (Å²) >= 11 is 12.7. The van der Waals surface area contributed by atoms with Gasteiger partial charge in [-0.05, 0) is 60.9 Å². The van der Waals surface area contributed by atoms with E-state index in [4.69, 9.17) is 28.9 Å². The molecule has 2 aromatic heterocycles. The first-order valence-electron chi connectivity index (χ1n) is 11.8. The number of aryl methyl sites for hydroxylation is 2. The summed E-state index contributed by atoms with van der Waals surface area (Å²) in [5.41, 5.74) is 12.4. The fraction of sp³-hybridized carbons (Fsp3) is 0.103. The zero-order valence-corrected chi connectivity index (χ0v) is 22.1. The van der Waals surface area contributed by atoms with Crippen LogP contribution >= 0.6 is 23.2 Å². The van der Waals surface area contributed by atoms with Gasteiger partial charge in [0, 0.05) is 26.8 Å². The van der Waals surface area contributed by atoms with Crippen LogP contribution in [0, 0.1) is 25.2 Å². The number of nitriles is 1. The summed E-state index contributed by atoms with van der Waals surface area (Å²) in [6.07, 6.45) is 1.43. The van der Waals surface area contributed by atoms with E-state index in [9.17, 15) is 5.26 Å². The Morgan fingerprint density at radius 2 is 1.61 bits per heavy atom. The van der Waals surface area contributed by atoms with Crippen LogP contribution in [-0.2, 0) is 0 Å². The smallest absolute Gasteiger partial charge is 0.159 e. The fourth-order valence-corrected chi connectivity index (χ4v) is 4.63. The number of pyridine rings is 1. The van der Waals surface area contributed by atoms with Crippen molar-refractivity contribution in [2.75, 3.05) is 16.4 Å². The summed E-state index contributed by atoms with van der Waals surface area (Å²) in [5.74, 6) is 0.338. The van der Waals surface area contributed by atoms with Crippen molar-refractivity contribution < 1.29 is 0 Å². The standard InChI is InChI=1S/C29H23Cl2N7/c1-16-12-21(22(14-32)18-8-10-20(30)11-9-18)23(31)13-25(16)38-29-26(33)28(34-15-35-29)37-24-5-3-4-19-7-6-17(2)36-27(19)24/h3-13,15,22H,33H2,1-2H3,(H2,34,35,37,38). The summed E-state index contributed by atoms with van der Waals surface area (Å²) in [4.78, 5) is 13.4. The number of hydrogen-bond acceptors (Lipinski definition) is 7. The number of aromatic nitrogens is 3. The lowest BCUT2D eigenvalue weighted by Gasteiger charge is -2.18. The van der Waals surface area contributed by atoms with Crippen LogP contribution in [0.15, 0.2) is 73.1 Å². The minimum Gasteiger partial charge on any atom is -0.393 e. The molecular formula is C29H23Cl2N7. The van der Waals surface area contributed by atoms with E-state index in [-0.39, 0.29) is 0 Å². The number of nitrogens with zero attached hydrogens (tertiary/aromatic N) is 4. The van der Waals surface area contributed by atoms with Gasteiger partial charge in [0.05, 0.1) is 23.2 Å². The Balaban J connectivity index is 1.44. The van der Waals surface area contributed by atoms with Crippen molar-refractivity contribution in [2.45, 2.75) is 19.8 Å². The van der Waals surface area contributed by atoms with Crippen molar-refractivity contribution in [3.63, 3.8) is 0 Å². The second kappa shape index (κ2) is 10.5. The van der Waals surface area contributed by atoms with Gasteiger partial charge in [-0.1, -0.05) is 59.6 Å². The highest BCUT2D eigenvalue weighted by Gasteiger charge is 2.19. The molecule has 0 saturated carbocycles. The van der Waals surface area contributed by atoms with Gasteiger partial charge in [0.1, 0.15) is 12.0 Å². The highest BCUT2D eigenvalue weighted by molar-refractivity contribution is 6.32. The van der Waals surface area contributed by atoms with Gasteiger partial charge >= 0.3 is 0 Å². The molecular weight excluding hydrogens is 517 g/mol. The molecule has 5 aromatic rings. The van der Waals surface area contributed by atoms with Gasteiger partial charge in [-0.2, -0.15) is 5.26 Å². The number of fused-ring (bicyclic) bond motifs is 1. The van der Waals surface area contributed by atoms with Crippen molar-refractivity contribution in [3.8, 4) is 6.07 Å². The van der Waals surface area contributed by atoms with Gasteiger partial charge in [0.2, 0.25) is 0 Å². The van der Waals surface area contributed by atoms with Gasteiger partial charge in [-0.3, -0.25) is 4.98 Å². The van der Waals surface area contributed by atoms with Crippen LogP contribution in [0.3, 0.4) is 0 Å². The molecule has 1 atom stereocenters. The van der Waals surface area contributed by atoms with Crippen molar-refractivity contribution >= 4 is 62.8 Å². The zero-order valence-electron chi connectivity index (χ0n) is 20.6. The monoisotopic (exact) mass is 539 g/mol. The van der Waals surface area contributed by atoms with Crippen LogP contribution in [0.5, 0.6) is 0 Å². The van der Waals surface area contributed by atoms with Gasteiger partial charge in [0.15, 0.2) is 11.6 Å². The lowest BCUT2D eigenvalue weighted by molar-refractivity contribution is 1.03. The van der Waals surface area contributed by atoms with Crippen molar-refractivity contribution in [2.24, 2.45) is 0 Å². The summed E-state index contributed by atoms with van der Waals surface area (Å²) in [6, 6.07) is 23.1. The molecule has 5 rings (SSSR count). The number of nitrogens with two attached hydrogens (primary N) is 1. The van der Waals surface area contributed by atoms with Gasteiger partial charge in [-0.25, -0.2) is 9.97 Å². The minimum absolute atomic E-state index is 0.341. The van der Waals surface area contributed by atoms with Gasteiger partial charge in [0.25, 0.3) is 0 Å². The van der Waals surface area contributed by atoms with E-state index >= 15 is 0 Å². The van der Waals surface area contributed by atoms with E-state index in [1.807, 2.05) is 62.4 Å². The molecule has 9 heteroatoms. The third-order valence-electron chi connectivity index (χ3n) is 6.24. The predicted molar refractivity (Wildman–Crippen MR) is 155 cm³/mol. The molecule has 0 amide bonds. The van der Waals surface area contributed by atoms with E-state index in [1.54, 1.807) is 18.2 Å². The van der Waals surface area contributed by atoms with Crippen LogP contribution in [0.2, 0.25) is 10.0 Å². The Morgan fingerprint density at radius 3 is 2.32 bits per heavy atom. The molecule has 0 aliphatic carbocycles. The van der Waals surface area contributed by atoms with Crippen LogP contribution < -0.4 is 16.4 Å². The maximum Gasteiger partial charge on any atom is 0.159 e. The van der Waals surface area contributed by atoms with Crippen molar-refractivity contribution in [3.05, 3.63) is 105 Å². The number of para-hydroxylation sites is 1. The van der Waals surface area contributed by atoms with E-state index in [0.717, 1.165) is 33.4 Å². The molecule has 0 saturated heterocycles. The first kappa shape index (κ1) is 25.3. The van der Waals surface area contributed by atoms with Crippen molar-refractivity contribution in [1.82, 2.24) is 15.0 Å². The number of nitrogens with one attached hydrogen (secondary N) is 2. The Hall–Kier alpha value is -4.38. The molecule has 0 aliphatic rings. The van der Waals surface area contributed by atoms with Crippen LogP contribution in [0.4, 0.5) is 28.7 Å². The highest BCUT2D eigenvalue weighted by Crippen LogP contribution is 2.37. The molecule has 188 valence electrons. The molecule has 1 unspecified atom stereocenters. The molecule has 7 nitrogen and oxygen atoms in total. The van der Waals surface area contributed by atoms with E-state index in [0.29, 0.717) is 38.6 Å². The van der Waals surface area contributed by atoms with E-state index in [2.05, 4.69) is 31.7 Å². The molecule has 2 heterocycles. The average molecular weight is 540 g/mol. The summed E-state index contributed by atoms with van der Waals surface area (Å²) < 4.78 is 0. The van der Waals surface area contributed by atoms with E-state index < -0.39 is 5.92 Å². The number of rotatable bonds is 6. The fourth-order valence-electron chi connectivity index (χ4n) is 4.23. The SMILES string of the molecule is Cc1ccc2cccc(Nc3ncnc(Nc4cc(Cl)c(C(C#N)c5ccc(Cl)cc5)cc4C)c3N)c2n1. The number of anilines is 5. The predicted octanol–water partition coefficient (Wildman–Crippen LogP) is 7.67. The molecule has 3 aromatic carbocycles. The third-order valence-corrected chi connectivity index (χ3v) is 6.82. The largest absolute Gasteiger partial charge is 0.393 e. The van der Waals surface area contributed by atoms with Gasteiger partial charge in [-0.15, -0.1) is 0 Å². The van der Waals surface area contributed by atoms with E-state index in [1.165, 1.54) is 6.33 Å². The molecule has 0 spiro atoms. The quantitative estimate of drug-likeness (QED) is 0.203. The second-order valence-corrected chi connectivity index (χ2v) is 9.71. The Kier molecular flexibility index (Phi) is 7.01. The van der Waals surface area contributed by atoms with Crippen molar-refractivity contribution in [1.29, 1.82) is 5.26 Å². The molecule has 0 aliphatic heterocycles. The summed E-state index contributed by atoms with van der Waals surface area (Å²) in [6.45, 7) is 3.88. The Labute approximate surface area is 230 Å². The molecule has 38 heavy (non-hydrogen) atoms. The van der Waals surface area contributed by atoms with Crippen LogP contribution in [-0.4, -0.2) is 15.0 Å². The first-order chi connectivity index (χ1) is 18.3. The molecule has 0 radical (unpaired) electrons. The maximum absolute atomic E-state index is 9.89. The molecule has 0 bridgehead atoms. The van der Waals surface area contributed by atoms with Gasteiger partial charge < -0.3 is 16.4 Å². The topological polar surface area (TPSA) is 113 Å². The Morgan fingerprint density at radius 1 is 0.895 bits per heavy atom. The number of nitrogen functional groups attached to an aromatic ring is 1. The average Bonchev–Trinajstić information content (AvgIpc) is 2.90. The normalized spacial score (nSPS) is 11.7. The lowest BCUT2D eigenvalue weighted by atomic mass is 9.91. The summed E-state index contributed by atoms with van der Waals surface area (Å²) in [7, 11) is 0. The molecule has 0 fully saturated rings. The van der Waals surface area contributed by atoms with Crippen LogP contribution in [0.25, 0.3) is 10.9 Å². The maximum atomic E-state index is 9.89. The molecule has 4 N–H and O–H groups in total. The van der Waals surface area contributed by atoms with Crippen LogP contribution in [0.1, 0.15) is 28.3 Å². The zero-order chi connectivity index (χ0) is 26.8. The first-order valence-corrected chi connectivity index (χ1v) is 12.6. The number of benzene rings is 3. The number of hydrogen-bond donors (Lipinski definition) is 3. The second-order valence-electron chi connectivity index (χ2n) is 8.87. The highest BCUT2D eigenvalue weighted by atomic mass is 35.5.